The summed E-state index contributed by atoms with van der Waals surface area (Å²) in [6, 6.07) is 7.35. The molecule has 1 nitrogen and oxygen atoms in total. The van der Waals surface area contributed by atoms with Crippen molar-refractivity contribution in [1.29, 1.82) is 0 Å². The Morgan fingerprint density at radius 3 is 2.94 bits per heavy atom. The fourth-order valence-electron chi connectivity index (χ4n) is 2.97. The fourth-order valence-corrected chi connectivity index (χ4v) is 4.34. The molecule has 0 unspecified atom stereocenters. The zero-order valence-electron chi connectivity index (χ0n) is 9.20. The smallest absolute Gasteiger partial charge is 0.124 e. The molecule has 0 spiro atoms. The molecule has 0 radical (unpaired) electrons. The number of rotatable bonds is 1. The van der Waals surface area contributed by atoms with Crippen LogP contribution in [0.2, 0.25) is 0 Å². The van der Waals surface area contributed by atoms with Crippen molar-refractivity contribution in [2.45, 2.75) is 11.8 Å². The van der Waals surface area contributed by atoms with Crippen LogP contribution in [-0.2, 0) is 5.41 Å². The van der Waals surface area contributed by atoms with Gasteiger partial charge in [-0.2, -0.15) is 0 Å². The van der Waals surface area contributed by atoms with Crippen molar-refractivity contribution in [2.75, 3.05) is 13.1 Å². The Hall–Kier alpha value is -0.640. The minimum Gasteiger partial charge on any atom is -0.315 e. The lowest BCUT2D eigenvalue weighted by Gasteiger charge is -2.07. The number of hydrogen-bond acceptors (Lipinski definition) is 2. The van der Waals surface area contributed by atoms with Crippen LogP contribution in [0.5, 0.6) is 0 Å². The molecule has 1 aromatic carbocycles. The molecule has 4 heteroatoms. The van der Waals surface area contributed by atoms with Crippen molar-refractivity contribution in [1.82, 2.24) is 5.32 Å². The van der Waals surface area contributed by atoms with Crippen LogP contribution in [0.15, 0.2) is 24.3 Å². The van der Waals surface area contributed by atoms with Crippen LogP contribution in [0.3, 0.4) is 0 Å². The fraction of sp³-hybridized carbons (Fsp3) is 0.385. The van der Waals surface area contributed by atoms with Gasteiger partial charge in [0.2, 0.25) is 0 Å². The molecule has 2 fully saturated rings. The topological polar surface area (TPSA) is 12.0 Å². The highest BCUT2D eigenvalue weighted by Crippen LogP contribution is 2.58. The average Bonchev–Trinajstić information content (AvgIpc) is 2.69. The van der Waals surface area contributed by atoms with Crippen LogP contribution in [0.4, 0.5) is 4.39 Å². The number of benzene rings is 1. The van der Waals surface area contributed by atoms with Crippen LogP contribution < -0.4 is 5.32 Å². The Kier molecular flexibility index (Phi) is 2.47. The van der Waals surface area contributed by atoms with E-state index in [9.17, 15) is 4.39 Å². The number of halogens is 2. The lowest BCUT2D eigenvalue weighted by atomic mass is 10.0. The van der Waals surface area contributed by atoms with Gasteiger partial charge < -0.3 is 5.32 Å². The molecular formula is C13H13ClFNS. The van der Waals surface area contributed by atoms with E-state index in [2.05, 4.69) is 11.4 Å². The molecule has 1 aliphatic heterocycles. The van der Waals surface area contributed by atoms with Gasteiger partial charge in [0.05, 0.1) is 0 Å². The van der Waals surface area contributed by atoms with E-state index < -0.39 is 0 Å². The molecule has 90 valence electrons. The van der Waals surface area contributed by atoms with E-state index in [1.54, 1.807) is 23.5 Å². The van der Waals surface area contributed by atoms with Crippen LogP contribution in [0.1, 0.15) is 11.3 Å². The molecule has 17 heavy (non-hydrogen) atoms. The number of piperidine rings is 1. The number of nitrogens with one attached hydrogen (secondary N) is 1. The van der Waals surface area contributed by atoms with Crippen molar-refractivity contribution in [3.05, 3.63) is 35.0 Å². The summed E-state index contributed by atoms with van der Waals surface area (Å²) in [7, 11) is 0. The van der Waals surface area contributed by atoms with Crippen molar-refractivity contribution in [3.8, 4) is 0 Å². The molecule has 2 aliphatic rings. The summed E-state index contributed by atoms with van der Waals surface area (Å²) >= 11 is 1.77. The molecule has 1 N–H and O–H groups in total. The van der Waals surface area contributed by atoms with Gasteiger partial charge in [0.25, 0.3) is 0 Å². The Morgan fingerprint density at radius 1 is 1.35 bits per heavy atom. The Labute approximate surface area is 109 Å². The first-order valence-corrected chi connectivity index (χ1v) is 6.50. The largest absolute Gasteiger partial charge is 0.315 e. The van der Waals surface area contributed by atoms with Gasteiger partial charge in [0, 0.05) is 21.5 Å². The highest BCUT2D eigenvalue weighted by atomic mass is 35.5. The summed E-state index contributed by atoms with van der Waals surface area (Å²) in [6.07, 6.45) is 1.31. The number of thiophene rings is 1. The average molecular weight is 270 g/mol. The Bertz CT molecular complexity index is 582. The molecule has 1 saturated heterocycles. The number of hydrogen-bond donors (Lipinski definition) is 1. The van der Waals surface area contributed by atoms with E-state index in [0.29, 0.717) is 5.41 Å². The quantitative estimate of drug-likeness (QED) is 0.837. The molecule has 2 aromatic rings. The molecule has 1 aromatic heterocycles. The maximum absolute atomic E-state index is 13.1. The minimum atomic E-state index is -0.129. The van der Waals surface area contributed by atoms with E-state index >= 15 is 0 Å². The van der Waals surface area contributed by atoms with Crippen molar-refractivity contribution >= 4 is 33.8 Å². The molecule has 1 saturated carbocycles. The standard InChI is InChI=1S/C13H12FNS.ClH/c14-10-2-1-8-3-12(16-11(8)4-10)13-5-9(13)6-15-7-13;/h1-4,9,15H,5-7H2;1H/t9-,13-;/m1./s1. The lowest BCUT2D eigenvalue weighted by molar-refractivity contribution is 0.630. The van der Waals surface area contributed by atoms with E-state index in [1.807, 2.05) is 6.07 Å². The summed E-state index contributed by atoms with van der Waals surface area (Å²) in [5.41, 5.74) is 0.403. The van der Waals surface area contributed by atoms with Crippen molar-refractivity contribution in [2.24, 2.45) is 5.92 Å². The highest BCUT2D eigenvalue weighted by Gasteiger charge is 2.58. The number of fused-ring (bicyclic) bond motifs is 2. The van der Waals surface area contributed by atoms with E-state index in [1.165, 1.54) is 16.7 Å². The van der Waals surface area contributed by atoms with Gasteiger partial charge in [-0.15, -0.1) is 23.7 Å². The predicted octanol–water partition coefficient (Wildman–Crippen LogP) is 3.32. The zero-order valence-corrected chi connectivity index (χ0v) is 10.8. The summed E-state index contributed by atoms with van der Waals surface area (Å²) in [6.45, 7) is 2.26. The molecule has 2 atom stereocenters. The third-order valence-electron chi connectivity index (χ3n) is 4.04. The molecule has 0 bridgehead atoms. The van der Waals surface area contributed by atoms with Gasteiger partial charge >= 0.3 is 0 Å². The van der Waals surface area contributed by atoms with Gasteiger partial charge in [0.1, 0.15) is 5.82 Å². The first-order chi connectivity index (χ1) is 7.78. The van der Waals surface area contributed by atoms with E-state index in [0.717, 1.165) is 23.7 Å². The second kappa shape index (κ2) is 3.67. The molecule has 0 amide bonds. The molecule has 1 aliphatic carbocycles. The third-order valence-corrected chi connectivity index (χ3v) is 5.35. The first kappa shape index (κ1) is 11.5. The normalized spacial score (nSPS) is 30.1. The first-order valence-electron chi connectivity index (χ1n) is 5.68. The highest BCUT2D eigenvalue weighted by molar-refractivity contribution is 7.19. The van der Waals surface area contributed by atoms with Crippen molar-refractivity contribution < 1.29 is 4.39 Å². The SMILES string of the molecule is Cl.Fc1ccc2cc([C@]34CNC[C@H]3C4)sc2c1. The van der Waals surface area contributed by atoms with Crippen LogP contribution in [0.25, 0.3) is 10.1 Å². The van der Waals surface area contributed by atoms with E-state index in [4.69, 9.17) is 0 Å². The summed E-state index contributed by atoms with van der Waals surface area (Å²) in [5, 5.41) is 4.64. The maximum Gasteiger partial charge on any atom is 0.124 e. The molecular weight excluding hydrogens is 257 g/mol. The maximum atomic E-state index is 13.1. The lowest BCUT2D eigenvalue weighted by Crippen LogP contribution is -2.18. The zero-order chi connectivity index (χ0) is 10.8. The summed E-state index contributed by atoms with van der Waals surface area (Å²) in [5.74, 6) is 0.695. The summed E-state index contributed by atoms with van der Waals surface area (Å²) < 4.78 is 14.2. The van der Waals surface area contributed by atoms with Gasteiger partial charge in [-0.05, 0) is 42.5 Å². The van der Waals surface area contributed by atoms with Gasteiger partial charge in [-0.1, -0.05) is 6.07 Å². The second-order valence-electron chi connectivity index (χ2n) is 4.98. The Balaban J connectivity index is 0.000000902. The van der Waals surface area contributed by atoms with Crippen molar-refractivity contribution in [3.63, 3.8) is 0 Å². The molecule has 2 heterocycles. The van der Waals surface area contributed by atoms with Crippen LogP contribution in [-0.4, -0.2) is 13.1 Å². The molecule has 4 rings (SSSR count). The minimum absolute atomic E-state index is 0. The van der Waals surface area contributed by atoms with Gasteiger partial charge in [-0.25, -0.2) is 4.39 Å². The monoisotopic (exact) mass is 269 g/mol. The predicted molar refractivity (Wildman–Crippen MR) is 71.7 cm³/mol. The third kappa shape index (κ3) is 1.53. The summed E-state index contributed by atoms with van der Waals surface area (Å²) in [4.78, 5) is 1.45. The van der Waals surface area contributed by atoms with Gasteiger partial charge in [0.15, 0.2) is 0 Å². The van der Waals surface area contributed by atoms with Crippen LogP contribution >= 0.6 is 23.7 Å². The van der Waals surface area contributed by atoms with Crippen LogP contribution in [0, 0.1) is 11.7 Å². The van der Waals surface area contributed by atoms with E-state index in [-0.39, 0.29) is 18.2 Å². The van der Waals surface area contributed by atoms with Gasteiger partial charge in [-0.3, -0.25) is 0 Å². The second-order valence-corrected chi connectivity index (χ2v) is 6.06. The Morgan fingerprint density at radius 2 is 2.24 bits per heavy atom.